The van der Waals surface area contributed by atoms with Crippen molar-refractivity contribution in [1.29, 1.82) is 0 Å². The highest BCUT2D eigenvalue weighted by Gasteiger charge is 2.28. The van der Waals surface area contributed by atoms with Crippen molar-refractivity contribution in [1.82, 2.24) is 20.0 Å². The number of aromatic nitrogens is 4. The summed E-state index contributed by atoms with van der Waals surface area (Å²) in [5.41, 5.74) is 4.72. The van der Waals surface area contributed by atoms with E-state index in [9.17, 15) is 4.79 Å². The van der Waals surface area contributed by atoms with E-state index in [1.54, 1.807) is 17.8 Å². The summed E-state index contributed by atoms with van der Waals surface area (Å²) in [5.74, 6) is 0.844. The Kier molecular flexibility index (Phi) is 5.26. The number of rotatable bonds is 5. The number of hydrogen-bond acceptors (Lipinski definition) is 6. The van der Waals surface area contributed by atoms with Crippen LogP contribution in [0, 0.1) is 6.92 Å². The lowest BCUT2D eigenvalue weighted by atomic mass is 9.93. The van der Waals surface area contributed by atoms with E-state index >= 15 is 0 Å². The summed E-state index contributed by atoms with van der Waals surface area (Å²) >= 11 is 0. The fourth-order valence-corrected chi connectivity index (χ4v) is 3.69. The third-order valence-corrected chi connectivity index (χ3v) is 5.12. The molecular weight excluding hydrogens is 368 g/mol. The van der Waals surface area contributed by atoms with Gasteiger partial charge in [0.25, 0.3) is 0 Å². The van der Waals surface area contributed by atoms with Gasteiger partial charge in [-0.2, -0.15) is 0 Å². The van der Waals surface area contributed by atoms with E-state index in [1.807, 2.05) is 42.3 Å². The molecule has 0 saturated heterocycles. The minimum Gasteiger partial charge on any atom is -0.394 e. The summed E-state index contributed by atoms with van der Waals surface area (Å²) in [6.07, 6.45) is 4.39. The second-order valence-electron chi connectivity index (χ2n) is 7.24. The van der Waals surface area contributed by atoms with Crippen molar-refractivity contribution in [2.75, 3.05) is 23.4 Å². The number of carbonyl (C=O) groups excluding carboxylic acids is 1. The monoisotopic (exact) mass is 392 g/mol. The number of hydrogen-bond donors (Lipinski definition) is 2. The maximum absolute atomic E-state index is 12.1. The molecule has 150 valence electrons. The van der Waals surface area contributed by atoms with E-state index in [0.717, 1.165) is 40.3 Å². The van der Waals surface area contributed by atoms with Gasteiger partial charge < -0.3 is 15.3 Å². The predicted octanol–water partition coefficient (Wildman–Crippen LogP) is 2.55. The number of pyridine rings is 1. The molecule has 0 spiro atoms. The summed E-state index contributed by atoms with van der Waals surface area (Å²) in [7, 11) is 0. The van der Waals surface area contributed by atoms with E-state index < -0.39 is 0 Å². The van der Waals surface area contributed by atoms with Crippen LogP contribution in [-0.4, -0.2) is 44.1 Å². The smallest absolute Gasteiger partial charge is 0.223 e. The highest BCUT2D eigenvalue weighted by atomic mass is 16.3. The first-order valence-electron chi connectivity index (χ1n) is 9.68. The van der Waals surface area contributed by atoms with Crippen molar-refractivity contribution >= 4 is 17.4 Å². The highest BCUT2D eigenvalue weighted by Crippen LogP contribution is 2.38. The molecule has 29 heavy (non-hydrogen) atoms. The molecule has 0 bridgehead atoms. The molecule has 0 radical (unpaired) electrons. The normalized spacial score (nSPS) is 15.8. The van der Waals surface area contributed by atoms with Crippen LogP contribution < -0.4 is 10.2 Å². The second-order valence-corrected chi connectivity index (χ2v) is 7.24. The summed E-state index contributed by atoms with van der Waals surface area (Å²) in [6.45, 7) is 4.69. The number of anilines is 2. The zero-order valence-corrected chi connectivity index (χ0v) is 16.5. The van der Waals surface area contributed by atoms with Gasteiger partial charge in [-0.15, -0.1) is 5.10 Å². The fraction of sp³-hybridized carbons (Fsp3) is 0.333. The van der Waals surface area contributed by atoms with Crippen LogP contribution in [0.5, 0.6) is 0 Å². The van der Waals surface area contributed by atoms with Gasteiger partial charge in [0.2, 0.25) is 5.91 Å². The molecule has 1 atom stereocenters. The first-order valence-corrected chi connectivity index (χ1v) is 9.68. The van der Waals surface area contributed by atoms with Crippen molar-refractivity contribution in [2.24, 2.45) is 0 Å². The molecule has 0 fully saturated rings. The average molecular weight is 392 g/mol. The Bertz CT molecular complexity index is 1030. The van der Waals surface area contributed by atoms with Crippen LogP contribution in [0.2, 0.25) is 0 Å². The lowest BCUT2D eigenvalue weighted by Crippen LogP contribution is -2.36. The van der Waals surface area contributed by atoms with Gasteiger partial charge in [-0.1, -0.05) is 11.3 Å². The van der Waals surface area contributed by atoms with Crippen LogP contribution in [0.25, 0.3) is 11.3 Å². The number of carbonyl (C=O) groups is 1. The van der Waals surface area contributed by atoms with Gasteiger partial charge >= 0.3 is 0 Å². The lowest BCUT2D eigenvalue weighted by molar-refractivity contribution is -0.116. The van der Waals surface area contributed by atoms with Crippen LogP contribution in [0.3, 0.4) is 0 Å². The Morgan fingerprint density at radius 3 is 2.93 bits per heavy atom. The summed E-state index contributed by atoms with van der Waals surface area (Å²) in [6, 6.07) is 9.99. The van der Waals surface area contributed by atoms with Gasteiger partial charge in [-0.3, -0.25) is 4.79 Å². The van der Waals surface area contributed by atoms with E-state index in [0.29, 0.717) is 13.1 Å². The summed E-state index contributed by atoms with van der Waals surface area (Å²) in [4.78, 5) is 18.4. The molecule has 1 unspecified atom stereocenters. The van der Waals surface area contributed by atoms with E-state index in [4.69, 9.17) is 5.11 Å². The molecule has 1 aromatic carbocycles. The van der Waals surface area contributed by atoms with Crippen molar-refractivity contribution in [2.45, 2.75) is 32.9 Å². The molecule has 1 aliphatic heterocycles. The number of amides is 1. The molecule has 8 heteroatoms. The van der Waals surface area contributed by atoms with Crippen LogP contribution in [0.1, 0.15) is 30.5 Å². The molecule has 1 aliphatic rings. The molecule has 0 aliphatic carbocycles. The molecule has 2 aromatic heterocycles. The minimum absolute atomic E-state index is 0.00997. The van der Waals surface area contributed by atoms with Crippen molar-refractivity contribution in [3.05, 3.63) is 53.9 Å². The maximum atomic E-state index is 12.1. The third kappa shape index (κ3) is 3.97. The molecule has 4 rings (SSSR count). The number of fused-ring (bicyclic) bond motifs is 1. The lowest BCUT2D eigenvalue weighted by Gasteiger charge is -2.34. The number of nitrogens with zero attached hydrogens (tertiary/aromatic N) is 5. The van der Waals surface area contributed by atoms with E-state index in [1.165, 1.54) is 0 Å². The van der Waals surface area contributed by atoms with Crippen molar-refractivity contribution in [3.63, 3.8) is 0 Å². The number of nitrogens with one attached hydrogen (secondary N) is 1. The van der Waals surface area contributed by atoms with Gasteiger partial charge in [0.05, 0.1) is 25.4 Å². The van der Waals surface area contributed by atoms with E-state index in [2.05, 4.69) is 26.7 Å². The highest BCUT2D eigenvalue weighted by molar-refractivity contribution is 5.93. The number of aliphatic hydroxyl groups is 1. The Labute approximate surface area is 169 Å². The van der Waals surface area contributed by atoms with Gasteiger partial charge in [0.15, 0.2) is 0 Å². The van der Waals surface area contributed by atoms with E-state index in [-0.39, 0.29) is 18.6 Å². The van der Waals surface area contributed by atoms with Crippen LogP contribution >= 0.6 is 0 Å². The average Bonchev–Trinajstić information content (AvgIpc) is 3.17. The Morgan fingerprint density at radius 2 is 2.17 bits per heavy atom. The van der Waals surface area contributed by atoms with Crippen LogP contribution in [-0.2, 0) is 11.3 Å². The predicted molar refractivity (Wildman–Crippen MR) is 111 cm³/mol. The number of aliphatic hydroxyl groups excluding tert-OH is 1. The Morgan fingerprint density at radius 1 is 1.31 bits per heavy atom. The minimum atomic E-state index is 0.00997. The van der Waals surface area contributed by atoms with Crippen LogP contribution in [0.15, 0.2) is 42.7 Å². The molecule has 2 N–H and O–H groups in total. The van der Waals surface area contributed by atoms with Crippen molar-refractivity contribution in [3.8, 4) is 11.3 Å². The fourth-order valence-electron chi connectivity index (χ4n) is 3.69. The quantitative estimate of drug-likeness (QED) is 0.693. The molecule has 0 saturated carbocycles. The first-order chi connectivity index (χ1) is 14.0. The molecule has 3 heterocycles. The van der Waals surface area contributed by atoms with Crippen molar-refractivity contribution < 1.29 is 9.90 Å². The first kappa shape index (κ1) is 19.1. The molecule has 3 aromatic rings. The zero-order valence-electron chi connectivity index (χ0n) is 16.5. The van der Waals surface area contributed by atoms with Gasteiger partial charge in [-0.05, 0) is 48.7 Å². The molecule has 8 nitrogen and oxygen atoms in total. The van der Waals surface area contributed by atoms with Crippen LogP contribution in [0.4, 0.5) is 11.5 Å². The SMILES string of the molecule is CC(=O)N1CCC(Nc2cc(C)ccn2)c2cc(-c3cn(CCO)nn3)ccc21. The van der Waals surface area contributed by atoms with Gasteiger partial charge in [0.1, 0.15) is 11.5 Å². The Balaban J connectivity index is 1.71. The van der Waals surface area contributed by atoms with Gasteiger partial charge in [0, 0.05) is 30.9 Å². The number of benzene rings is 1. The standard InChI is InChI=1S/C21H24N6O2/c1-14-5-7-22-21(11-14)23-18-6-8-27(15(2)29)20-4-3-16(12-17(18)20)19-13-26(9-10-28)25-24-19/h3-5,7,11-13,18,28H,6,8-10H2,1-2H3,(H,22,23). The maximum Gasteiger partial charge on any atom is 0.223 e. The molecule has 1 amide bonds. The van der Waals surface area contributed by atoms with Gasteiger partial charge in [-0.25, -0.2) is 9.67 Å². The topological polar surface area (TPSA) is 96.2 Å². The summed E-state index contributed by atoms with van der Waals surface area (Å²) in [5, 5.41) is 20.9. The molecular formula is C21H24N6O2. The summed E-state index contributed by atoms with van der Waals surface area (Å²) < 4.78 is 1.61. The largest absolute Gasteiger partial charge is 0.394 e. The number of aryl methyl sites for hydroxylation is 1. The second kappa shape index (κ2) is 8.00. The third-order valence-electron chi connectivity index (χ3n) is 5.12. The Hall–Kier alpha value is -3.26. The zero-order chi connectivity index (χ0) is 20.4.